The minimum atomic E-state index is -0.193. The fourth-order valence-corrected chi connectivity index (χ4v) is 3.57. The van der Waals surface area contributed by atoms with Crippen molar-refractivity contribution in [1.29, 1.82) is 0 Å². The van der Waals surface area contributed by atoms with Gasteiger partial charge in [-0.1, -0.05) is 18.2 Å². The minimum absolute atomic E-state index is 0.193. The summed E-state index contributed by atoms with van der Waals surface area (Å²) in [7, 11) is 3.19. The van der Waals surface area contributed by atoms with E-state index < -0.39 is 0 Å². The lowest BCUT2D eigenvalue weighted by Gasteiger charge is -2.10. The van der Waals surface area contributed by atoms with Crippen LogP contribution in [-0.2, 0) is 6.54 Å². The van der Waals surface area contributed by atoms with Crippen molar-refractivity contribution in [3.8, 4) is 28.4 Å². The predicted molar refractivity (Wildman–Crippen MR) is 126 cm³/mol. The van der Waals surface area contributed by atoms with Gasteiger partial charge < -0.3 is 14.8 Å². The molecule has 2 heterocycles. The molecule has 0 spiro atoms. The van der Waals surface area contributed by atoms with E-state index in [2.05, 4.69) is 10.4 Å². The van der Waals surface area contributed by atoms with Crippen molar-refractivity contribution in [2.45, 2.75) is 19.9 Å². The minimum Gasteiger partial charge on any atom is -0.497 e. The van der Waals surface area contributed by atoms with E-state index in [-0.39, 0.29) is 5.91 Å². The van der Waals surface area contributed by atoms with Gasteiger partial charge in [-0.15, -0.1) is 0 Å². The first-order valence-corrected chi connectivity index (χ1v) is 10.7. The molecule has 1 amide bonds. The summed E-state index contributed by atoms with van der Waals surface area (Å²) in [5.41, 5.74) is 3.70. The highest BCUT2D eigenvalue weighted by atomic mass is 16.5. The van der Waals surface area contributed by atoms with Crippen LogP contribution in [0, 0.1) is 6.92 Å². The Balaban J connectivity index is 1.60. The van der Waals surface area contributed by atoms with Gasteiger partial charge in [-0.25, -0.2) is 4.68 Å². The summed E-state index contributed by atoms with van der Waals surface area (Å²) in [4.78, 5) is 13.2. The Labute approximate surface area is 192 Å². The van der Waals surface area contributed by atoms with Crippen LogP contribution in [0.15, 0.2) is 67.1 Å². The average Bonchev–Trinajstić information content (AvgIpc) is 3.48. The van der Waals surface area contributed by atoms with E-state index in [1.54, 1.807) is 31.2 Å². The molecule has 0 aliphatic carbocycles. The standard InChI is InChI=1S/C25H27N5O3/c1-18-15-27-29(16-18)13-7-12-26-25(31)22-17-30(19-8-5-4-6-9-19)28-24(22)21-11-10-20(32-2)14-23(21)33-3/h4-6,8-11,14-17H,7,12-13H2,1-3H3,(H,26,31). The molecule has 4 aromatic rings. The van der Waals surface area contributed by atoms with Crippen LogP contribution in [0.4, 0.5) is 0 Å². The molecule has 1 N–H and O–H groups in total. The third-order valence-corrected chi connectivity index (χ3v) is 5.26. The summed E-state index contributed by atoms with van der Waals surface area (Å²) in [5.74, 6) is 1.05. The Kier molecular flexibility index (Phi) is 6.73. The number of amides is 1. The van der Waals surface area contributed by atoms with Crippen LogP contribution >= 0.6 is 0 Å². The van der Waals surface area contributed by atoms with Crippen LogP contribution in [0.5, 0.6) is 11.5 Å². The number of methoxy groups -OCH3 is 2. The summed E-state index contributed by atoms with van der Waals surface area (Å²) in [5, 5.41) is 12.0. The number of nitrogens with one attached hydrogen (secondary N) is 1. The molecule has 0 aliphatic rings. The number of para-hydroxylation sites is 1. The third kappa shape index (κ3) is 5.06. The van der Waals surface area contributed by atoms with Gasteiger partial charge in [0.1, 0.15) is 17.2 Å². The molecular weight excluding hydrogens is 418 g/mol. The molecule has 0 atom stereocenters. The quantitative estimate of drug-likeness (QED) is 0.395. The molecule has 33 heavy (non-hydrogen) atoms. The maximum absolute atomic E-state index is 13.2. The van der Waals surface area contributed by atoms with Gasteiger partial charge in [-0.3, -0.25) is 9.48 Å². The Hall–Kier alpha value is -4.07. The van der Waals surface area contributed by atoms with Gasteiger partial charge in [0, 0.05) is 37.1 Å². The highest BCUT2D eigenvalue weighted by Crippen LogP contribution is 2.34. The fraction of sp³-hybridized carbons (Fsp3) is 0.240. The lowest BCUT2D eigenvalue weighted by Crippen LogP contribution is -2.25. The number of hydrogen-bond donors (Lipinski definition) is 1. The number of aryl methyl sites for hydroxylation is 2. The summed E-state index contributed by atoms with van der Waals surface area (Å²) in [6.07, 6.45) is 6.33. The van der Waals surface area contributed by atoms with Gasteiger partial charge in [0.15, 0.2) is 0 Å². The van der Waals surface area contributed by atoms with Crippen molar-refractivity contribution < 1.29 is 14.3 Å². The number of ether oxygens (including phenoxy) is 2. The zero-order valence-corrected chi connectivity index (χ0v) is 19.0. The molecule has 170 valence electrons. The van der Waals surface area contributed by atoms with Crippen LogP contribution in [0.1, 0.15) is 22.3 Å². The van der Waals surface area contributed by atoms with Crippen molar-refractivity contribution >= 4 is 5.91 Å². The predicted octanol–water partition coefficient (Wildman–Crippen LogP) is 3.88. The monoisotopic (exact) mass is 445 g/mol. The van der Waals surface area contributed by atoms with E-state index in [1.807, 2.05) is 66.5 Å². The molecule has 0 radical (unpaired) electrons. The fourth-order valence-electron chi connectivity index (χ4n) is 3.57. The normalized spacial score (nSPS) is 10.8. The lowest BCUT2D eigenvalue weighted by atomic mass is 10.1. The largest absolute Gasteiger partial charge is 0.497 e. The second-order valence-electron chi connectivity index (χ2n) is 7.63. The van der Waals surface area contributed by atoms with Crippen molar-refractivity contribution in [1.82, 2.24) is 24.9 Å². The van der Waals surface area contributed by atoms with E-state index in [0.717, 1.165) is 24.2 Å². The van der Waals surface area contributed by atoms with Gasteiger partial charge in [0.2, 0.25) is 0 Å². The first-order valence-electron chi connectivity index (χ1n) is 10.7. The lowest BCUT2D eigenvalue weighted by molar-refractivity contribution is 0.0953. The molecule has 0 saturated carbocycles. The Morgan fingerprint density at radius 2 is 1.88 bits per heavy atom. The van der Waals surface area contributed by atoms with Gasteiger partial charge in [0.05, 0.1) is 31.7 Å². The Morgan fingerprint density at radius 1 is 1.06 bits per heavy atom. The molecule has 0 unspecified atom stereocenters. The number of nitrogens with zero attached hydrogens (tertiary/aromatic N) is 4. The number of benzene rings is 2. The molecule has 4 rings (SSSR count). The molecule has 0 saturated heterocycles. The molecule has 8 nitrogen and oxygen atoms in total. The van der Waals surface area contributed by atoms with Gasteiger partial charge in [0.25, 0.3) is 5.91 Å². The van der Waals surface area contributed by atoms with E-state index in [1.165, 1.54) is 0 Å². The number of carbonyl (C=O) groups is 1. The Bertz CT molecular complexity index is 1230. The summed E-state index contributed by atoms with van der Waals surface area (Å²) in [6.45, 7) is 3.26. The molecule has 2 aromatic heterocycles. The number of hydrogen-bond acceptors (Lipinski definition) is 5. The Morgan fingerprint density at radius 3 is 2.58 bits per heavy atom. The highest BCUT2D eigenvalue weighted by Gasteiger charge is 2.21. The molecule has 0 fully saturated rings. The first-order chi connectivity index (χ1) is 16.1. The van der Waals surface area contributed by atoms with E-state index in [9.17, 15) is 4.79 Å². The van der Waals surface area contributed by atoms with Crippen LogP contribution in [0.25, 0.3) is 16.9 Å². The SMILES string of the molecule is COc1ccc(-c2nn(-c3ccccc3)cc2C(=O)NCCCn2cc(C)cn2)c(OC)c1. The second kappa shape index (κ2) is 10.0. The van der Waals surface area contributed by atoms with E-state index >= 15 is 0 Å². The summed E-state index contributed by atoms with van der Waals surface area (Å²) < 4.78 is 14.5. The molecule has 8 heteroatoms. The summed E-state index contributed by atoms with van der Waals surface area (Å²) >= 11 is 0. The van der Waals surface area contributed by atoms with Crippen molar-refractivity contribution in [3.05, 3.63) is 78.2 Å². The molecule has 0 aliphatic heterocycles. The van der Waals surface area contributed by atoms with Crippen molar-refractivity contribution in [2.75, 3.05) is 20.8 Å². The topological polar surface area (TPSA) is 83.2 Å². The van der Waals surface area contributed by atoms with Crippen molar-refractivity contribution in [2.24, 2.45) is 0 Å². The highest BCUT2D eigenvalue weighted by molar-refractivity contribution is 6.00. The van der Waals surface area contributed by atoms with Gasteiger partial charge in [-0.05, 0) is 43.2 Å². The third-order valence-electron chi connectivity index (χ3n) is 5.26. The average molecular weight is 446 g/mol. The molecular formula is C25H27N5O3. The maximum Gasteiger partial charge on any atom is 0.255 e. The van der Waals surface area contributed by atoms with E-state index in [0.29, 0.717) is 34.9 Å². The maximum atomic E-state index is 13.2. The first kappa shape index (κ1) is 22.1. The number of rotatable bonds is 9. The smallest absolute Gasteiger partial charge is 0.255 e. The second-order valence-corrected chi connectivity index (χ2v) is 7.63. The van der Waals surface area contributed by atoms with Crippen LogP contribution in [0.2, 0.25) is 0 Å². The molecule has 0 bridgehead atoms. The van der Waals surface area contributed by atoms with Crippen LogP contribution in [0.3, 0.4) is 0 Å². The molecule has 2 aromatic carbocycles. The van der Waals surface area contributed by atoms with Gasteiger partial charge in [-0.2, -0.15) is 10.2 Å². The van der Waals surface area contributed by atoms with E-state index in [4.69, 9.17) is 14.6 Å². The van der Waals surface area contributed by atoms with Crippen LogP contribution < -0.4 is 14.8 Å². The number of aromatic nitrogens is 4. The van der Waals surface area contributed by atoms with Gasteiger partial charge >= 0.3 is 0 Å². The number of carbonyl (C=O) groups excluding carboxylic acids is 1. The van der Waals surface area contributed by atoms with Crippen molar-refractivity contribution in [3.63, 3.8) is 0 Å². The zero-order valence-electron chi connectivity index (χ0n) is 19.0. The zero-order chi connectivity index (χ0) is 23.2. The summed E-state index contributed by atoms with van der Waals surface area (Å²) in [6, 6.07) is 15.1. The van der Waals surface area contributed by atoms with Crippen LogP contribution in [-0.4, -0.2) is 46.2 Å².